The van der Waals surface area contributed by atoms with E-state index in [1.54, 1.807) is 6.08 Å². The van der Waals surface area contributed by atoms with Gasteiger partial charge in [0.1, 0.15) is 0 Å². The quantitative estimate of drug-likeness (QED) is 0.157. The molecule has 0 saturated carbocycles. The number of aryl methyl sites for hydroxylation is 1. The van der Waals surface area contributed by atoms with Crippen LogP contribution in [0.1, 0.15) is 11.3 Å². The van der Waals surface area contributed by atoms with Crippen LogP contribution in [0.4, 0.5) is 0 Å². The summed E-state index contributed by atoms with van der Waals surface area (Å²) in [6, 6.07) is 66.5. The fourth-order valence-electron chi connectivity index (χ4n) is 10.1. The molecule has 5 heterocycles. The Morgan fingerprint density at radius 2 is 0.831 bits per heavy atom. The fourth-order valence-corrected chi connectivity index (χ4v) is 10.1. The van der Waals surface area contributed by atoms with Crippen LogP contribution in [0.3, 0.4) is 0 Å². The van der Waals surface area contributed by atoms with Crippen molar-refractivity contribution >= 4 is 82.4 Å². The van der Waals surface area contributed by atoms with Gasteiger partial charge in [-0.15, -0.1) is 6.42 Å². The molecule has 0 radical (unpaired) electrons. The van der Waals surface area contributed by atoms with E-state index in [-0.39, 0.29) is 0 Å². The summed E-state index contributed by atoms with van der Waals surface area (Å²) in [5.74, 6) is 4.25. The second-order valence-electron chi connectivity index (χ2n) is 16.5. The zero-order chi connectivity index (χ0) is 43.2. The number of benzene rings is 8. The van der Waals surface area contributed by atoms with Gasteiger partial charge in [0.2, 0.25) is 11.9 Å². The van der Waals surface area contributed by atoms with Crippen LogP contribution < -0.4 is 0 Å². The van der Waals surface area contributed by atoms with Crippen LogP contribution in [-0.2, 0) is 0 Å². The average Bonchev–Trinajstić information content (AvgIpc) is 4.08. The predicted octanol–water partition coefficient (Wildman–Crippen LogP) is 13.7. The molecule has 0 bridgehead atoms. The van der Waals surface area contributed by atoms with Gasteiger partial charge in [0.15, 0.2) is 5.82 Å². The molecule has 0 aliphatic rings. The lowest BCUT2D eigenvalue weighted by molar-refractivity contribution is 0.875. The summed E-state index contributed by atoms with van der Waals surface area (Å²) in [5, 5.41) is 8.18. The molecule has 0 aliphatic carbocycles. The molecule has 0 amide bonds. The van der Waals surface area contributed by atoms with Crippen LogP contribution in [0, 0.1) is 19.3 Å². The van der Waals surface area contributed by atoms with Gasteiger partial charge in [0, 0.05) is 54.6 Å². The third-order valence-electron chi connectivity index (χ3n) is 13.0. The van der Waals surface area contributed by atoms with Crippen molar-refractivity contribution in [1.29, 1.82) is 0 Å². The maximum absolute atomic E-state index is 5.80. The first-order chi connectivity index (χ1) is 32.1. The molecule has 0 atom stereocenters. The molecule has 0 aliphatic heterocycles. The van der Waals surface area contributed by atoms with Crippen molar-refractivity contribution in [3.63, 3.8) is 0 Å². The molecule has 0 N–H and O–H groups in total. The van der Waals surface area contributed by atoms with Crippen molar-refractivity contribution < 1.29 is 0 Å². The number of para-hydroxylation sites is 6. The SMILES string of the molecule is C#C/C=C\c1c(C)c2ccccc2n1-c1nc(-c2cccc(-n3c4ccccc4c4cc(-n5c6ccccc6c6ccccc65)ccc43)c2)nc(-n2c3ccccc3c3ccccc32)n1. The van der Waals surface area contributed by atoms with E-state index in [1.165, 1.54) is 32.6 Å². The summed E-state index contributed by atoms with van der Waals surface area (Å²) in [6.07, 6.45) is 9.50. The molecule has 13 rings (SSSR count). The normalized spacial score (nSPS) is 12.0. The smallest absolute Gasteiger partial charge is 0.240 e. The van der Waals surface area contributed by atoms with Crippen molar-refractivity contribution in [2.24, 2.45) is 0 Å². The minimum absolute atomic E-state index is 0.493. The number of allylic oxidation sites excluding steroid dienone is 1. The monoisotopic (exact) mass is 831 g/mol. The number of aromatic nitrogens is 7. The Balaban J connectivity index is 1.04. The minimum atomic E-state index is 0.493. The Morgan fingerprint density at radius 1 is 0.400 bits per heavy atom. The van der Waals surface area contributed by atoms with Crippen LogP contribution in [0.5, 0.6) is 0 Å². The first-order valence-electron chi connectivity index (χ1n) is 21.7. The van der Waals surface area contributed by atoms with E-state index in [1.807, 2.05) is 12.1 Å². The first kappa shape index (κ1) is 36.6. The summed E-state index contributed by atoms with van der Waals surface area (Å²) in [4.78, 5) is 16.0. The van der Waals surface area contributed by atoms with Crippen LogP contribution in [0.15, 0.2) is 194 Å². The van der Waals surface area contributed by atoms with Crippen LogP contribution in [0.2, 0.25) is 0 Å². The van der Waals surface area contributed by atoms with Gasteiger partial charge in [-0.25, -0.2) is 0 Å². The Labute approximate surface area is 373 Å². The Hall–Kier alpha value is -8.99. The number of rotatable bonds is 6. The molecule has 8 aromatic carbocycles. The topological polar surface area (TPSA) is 58.4 Å². The number of terminal acetylenes is 1. The molecule has 7 heteroatoms. The van der Waals surface area contributed by atoms with Crippen molar-refractivity contribution in [1.82, 2.24) is 33.2 Å². The van der Waals surface area contributed by atoms with Crippen molar-refractivity contribution in [2.45, 2.75) is 6.92 Å². The van der Waals surface area contributed by atoms with E-state index in [9.17, 15) is 0 Å². The second kappa shape index (κ2) is 14.3. The van der Waals surface area contributed by atoms with Gasteiger partial charge in [-0.2, -0.15) is 15.0 Å². The van der Waals surface area contributed by atoms with E-state index in [0.717, 1.165) is 71.9 Å². The highest BCUT2D eigenvalue weighted by atomic mass is 15.3. The standard InChI is InChI=1S/C58H37N7/c1-3-4-26-48-37(2)41-20-5-11-27-49(41)64(48)57-59-56(60-58(61-57)65-53-31-15-8-23-44(53)45-24-9-16-32-54(45)65)38-18-17-19-39(35-38)62-52-30-14-10-25-46(52)47-36-40(33-34-55(47)62)63-50-28-12-6-21-42(50)43-22-7-13-29-51(43)63/h1,4-36H,2H3/b26-4-. The summed E-state index contributed by atoms with van der Waals surface area (Å²) in [7, 11) is 0. The van der Waals surface area contributed by atoms with Gasteiger partial charge in [0.05, 0.1) is 44.3 Å². The van der Waals surface area contributed by atoms with E-state index in [2.05, 4.69) is 213 Å². The van der Waals surface area contributed by atoms with Crippen LogP contribution in [-0.4, -0.2) is 33.2 Å². The summed E-state index contributed by atoms with van der Waals surface area (Å²) in [6.45, 7) is 2.12. The number of fused-ring (bicyclic) bond motifs is 10. The van der Waals surface area contributed by atoms with E-state index in [0.29, 0.717) is 17.7 Å². The zero-order valence-electron chi connectivity index (χ0n) is 35.3. The molecule has 0 spiro atoms. The van der Waals surface area contributed by atoms with E-state index < -0.39 is 0 Å². The van der Waals surface area contributed by atoms with Gasteiger partial charge in [-0.1, -0.05) is 127 Å². The molecule has 13 aromatic rings. The molecule has 0 fully saturated rings. The van der Waals surface area contributed by atoms with Gasteiger partial charge in [0.25, 0.3) is 0 Å². The lowest BCUT2D eigenvalue weighted by atomic mass is 10.1. The average molecular weight is 832 g/mol. The van der Waals surface area contributed by atoms with Crippen molar-refractivity contribution in [3.8, 4) is 47.0 Å². The number of hydrogen-bond donors (Lipinski definition) is 0. The molecule has 0 saturated heterocycles. The third kappa shape index (κ3) is 5.48. The summed E-state index contributed by atoms with van der Waals surface area (Å²) >= 11 is 0. The predicted molar refractivity (Wildman–Crippen MR) is 268 cm³/mol. The minimum Gasteiger partial charge on any atom is -0.309 e. The van der Waals surface area contributed by atoms with Crippen LogP contribution in [0.25, 0.3) is 117 Å². The number of nitrogens with zero attached hydrogens (tertiary/aromatic N) is 7. The van der Waals surface area contributed by atoms with Gasteiger partial charge in [-0.05, 0) is 91.4 Å². The Bertz CT molecular complexity index is 4060. The molecular formula is C58H37N7. The van der Waals surface area contributed by atoms with Gasteiger partial charge >= 0.3 is 0 Å². The lowest BCUT2D eigenvalue weighted by Crippen LogP contribution is -2.11. The highest BCUT2D eigenvalue weighted by Crippen LogP contribution is 2.38. The third-order valence-corrected chi connectivity index (χ3v) is 13.0. The van der Waals surface area contributed by atoms with Crippen molar-refractivity contribution in [3.05, 3.63) is 205 Å². The molecule has 7 nitrogen and oxygen atoms in total. The second-order valence-corrected chi connectivity index (χ2v) is 16.5. The lowest BCUT2D eigenvalue weighted by Gasteiger charge is -2.14. The van der Waals surface area contributed by atoms with Gasteiger partial charge < -0.3 is 9.13 Å². The summed E-state index contributed by atoms with van der Waals surface area (Å²) in [5.41, 5.74) is 12.6. The maximum Gasteiger partial charge on any atom is 0.240 e. The molecular weight excluding hydrogens is 795 g/mol. The van der Waals surface area contributed by atoms with Gasteiger partial charge in [-0.3, -0.25) is 9.13 Å². The summed E-state index contributed by atoms with van der Waals surface area (Å²) < 4.78 is 8.99. The molecule has 0 unspecified atom stereocenters. The van der Waals surface area contributed by atoms with E-state index >= 15 is 0 Å². The molecule has 5 aromatic heterocycles. The Kier molecular flexibility index (Phi) is 8.05. The zero-order valence-corrected chi connectivity index (χ0v) is 35.3. The largest absolute Gasteiger partial charge is 0.309 e. The highest BCUT2D eigenvalue weighted by Gasteiger charge is 2.22. The van der Waals surface area contributed by atoms with Crippen LogP contribution >= 0.6 is 0 Å². The maximum atomic E-state index is 5.80. The number of hydrogen-bond acceptors (Lipinski definition) is 3. The van der Waals surface area contributed by atoms with Crippen molar-refractivity contribution in [2.75, 3.05) is 0 Å². The molecule has 304 valence electrons. The molecule has 65 heavy (non-hydrogen) atoms. The Morgan fingerprint density at radius 3 is 1.37 bits per heavy atom. The highest BCUT2D eigenvalue weighted by molar-refractivity contribution is 6.12. The first-order valence-corrected chi connectivity index (χ1v) is 21.7. The van der Waals surface area contributed by atoms with E-state index in [4.69, 9.17) is 21.4 Å². The fraction of sp³-hybridized carbons (Fsp3) is 0.0172.